The highest BCUT2D eigenvalue weighted by atomic mass is 19.4. The van der Waals surface area contributed by atoms with Gasteiger partial charge in [-0.2, -0.15) is 18.4 Å². The lowest BCUT2D eigenvalue weighted by Crippen LogP contribution is -2.16. The minimum Gasteiger partial charge on any atom is -0.226 e. The summed E-state index contributed by atoms with van der Waals surface area (Å²) in [6, 6.07) is 11.9. The number of rotatable bonds is 1. The summed E-state index contributed by atoms with van der Waals surface area (Å²) in [7, 11) is 0. The molecule has 0 unspecified atom stereocenters. The van der Waals surface area contributed by atoms with Crippen LogP contribution in [0.15, 0.2) is 36.4 Å². The minimum atomic E-state index is -4.51. The Labute approximate surface area is 148 Å². The van der Waals surface area contributed by atoms with Crippen LogP contribution in [0.3, 0.4) is 0 Å². The second-order valence-corrected chi connectivity index (χ2v) is 5.65. The van der Waals surface area contributed by atoms with Gasteiger partial charge in [-0.15, -0.1) is 0 Å². The predicted molar refractivity (Wildman–Crippen MR) is 91.2 cm³/mol. The second-order valence-electron chi connectivity index (χ2n) is 5.65. The number of aryl methyl sites for hydroxylation is 1. The van der Waals surface area contributed by atoms with Gasteiger partial charge in [0.15, 0.2) is 0 Å². The SMILES string of the molecule is [C-]#[N+]/C(C#N)=c1\cc/c(=C(\C)C#N)c(-c2cc(C)cc(C(F)(F)F)c2)c1. The topological polar surface area (TPSA) is 51.9 Å². The van der Waals surface area contributed by atoms with E-state index in [2.05, 4.69) is 4.85 Å². The molecular weight excluding hydrogens is 339 g/mol. The Morgan fingerprint density at radius 2 is 1.77 bits per heavy atom. The second kappa shape index (κ2) is 7.13. The van der Waals surface area contributed by atoms with E-state index in [0.29, 0.717) is 27.1 Å². The van der Waals surface area contributed by atoms with Crippen LogP contribution in [0.25, 0.3) is 27.2 Å². The largest absolute Gasteiger partial charge is 0.416 e. The van der Waals surface area contributed by atoms with E-state index in [1.165, 1.54) is 12.1 Å². The fraction of sp³-hybridized carbons (Fsp3) is 0.150. The van der Waals surface area contributed by atoms with Crippen molar-refractivity contribution in [3.8, 4) is 23.3 Å². The molecule has 0 heterocycles. The van der Waals surface area contributed by atoms with Gasteiger partial charge < -0.3 is 0 Å². The number of benzene rings is 2. The molecule has 3 nitrogen and oxygen atoms in total. The summed E-state index contributed by atoms with van der Waals surface area (Å²) < 4.78 is 39.5. The summed E-state index contributed by atoms with van der Waals surface area (Å²) in [5.74, 6) is 0. The highest BCUT2D eigenvalue weighted by Crippen LogP contribution is 2.32. The van der Waals surface area contributed by atoms with Crippen molar-refractivity contribution >= 4 is 11.3 Å². The Morgan fingerprint density at radius 3 is 2.31 bits per heavy atom. The van der Waals surface area contributed by atoms with E-state index in [-0.39, 0.29) is 11.3 Å². The van der Waals surface area contributed by atoms with Gasteiger partial charge in [-0.3, -0.25) is 0 Å². The summed E-state index contributed by atoms with van der Waals surface area (Å²) in [6.07, 6.45) is -4.51. The van der Waals surface area contributed by atoms with Crippen LogP contribution in [0.5, 0.6) is 0 Å². The van der Waals surface area contributed by atoms with Crippen molar-refractivity contribution in [1.29, 1.82) is 10.5 Å². The van der Waals surface area contributed by atoms with Crippen molar-refractivity contribution < 1.29 is 13.2 Å². The highest BCUT2D eigenvalue weighted by Gasteiger charge is 2.31. The molecule has 2 aromatic carbocycles. The van der Waals surface area contributed by atoms with Crippen LogP contribution in [0.2, 0.25) is 0 Å². The van der Waals surface area contributed by atoms with Gasteiger partial charge in [0.25, 0.3) is 5.70 Å². The van der Waals surface area contributed by atoms with Crippen LogP contribution in [0, 0.1) is 36.2 Å². The van der Waals surface area contributed by atoms with Gasteiger partial charge in [-0.05, 0) is 53.1 Å². The molecule has 0 radical (unpaired) electrons. The van der Waals surface area contributed by atoms with Gasteiger partial charge in [0.2, 0.25) is 0 Å². The first-order chi connectivity index (χ1) is 12.2. The van der Waals surface area contributed by atoms with Gasteiger partial charge in [-0.1, -0.05) is 24.3 Å². The average Bonchev–Trinajstić information content (AvgIpc) is 2.60. The van der Waals surface area contributed by atoms with E-state index in [1.807, 2.05) is 6.07 Å². The van der Waals surface area contributed by atoms with E-state index in [4.69, 9.17) is 11.8 Å². The first-order valence-corrected chi connectivity index (χ1v) is 7.43. The van der Waals surface area contributed by atoms with Crippen molar-refractivity contribution in [3.63, 3.8) is 0 Å². The lowest BCUT2D eigenvalue weighted by atomic mass is 9.96. The molecule has 0 aliphatic heterocycles. The first-order valence-electron chi connectivity index (χ1n) is 7.43. The Bertz CT molecular complexity index is 1110. The lowest BCUT2D eigenvalue weighted by molar-refractivity contribution is -0.137. The maximum absolute atomic E-state index is 13.2. The van der Waals surface area contributed by atoms with E-state index in [9.17, 15) is 18.4 Å². The summed E-state index contributed by atoms with van der Waals surface area (Å²) in [4.78, 5) is 3.13. The Hall–Kier alpha value is -3.56. The van der Waals surface area contributed by atoms with Gasteiger partial charge in [-0.25, -0.2) is 10.1 Å². The third kappa shape index (κ3) is 3.74. The van der Waals surface area contributed by atoms with Gasteiger partial charge >= 0.3 is 6.18 Å². The van der Waals surface area contributed by atoms with E-state index in [1.54, 1.807) is 32.0 Å². The molecule has 0 saturated heterocycles. The standard InChI is InChI=1S/C20H12F3N3/c1-12-6-15(8-16(7-12)20(21,22)23)18-9-14(19(11-25)26-3)4-5-17(18)13(2)10-24/h4-9H,1-2H3/b17-13-,19-14+. The normalized spacial score (nSPS) is 13.2. The molecule has 0 N–H and O–H groups in total. The molecule has 0 spiro atoms. The molecule has 128 valence electrons. The molecule has 2 rings (SSSR count). The summed E-state index contributed by atoms with van der Waals surface area (Å²) >= 11 is 0. The number of halogens is 3. The molecule has 0 saturated carbocycles. The Balaban J connectivity index is 2.99. The zero-order valence-electron chi connectivity index (χ0n) is 13.9. The van der Waals surface area contributed by atoms with Gasteiger partial charge in [0.1, 0.15) is 0 Å². The molecule has 0 aliphatic rings. The third-order valence-electron chi connectivity index (χ3n) is 3.80. The molecule has 2 aromatic rings. The fourth-order valence-corrected chi connectivity index (χ4v) is 2.57. The molecule has 0 atom stereocenters. The maximum Gasteiger partial charge on any atom is 0.416 e. The van der Waals surface area contributed by atoms with E-state index >= 15 is 0 Å². The van der Waals surface area contributed by atoms with Crippen LogP contribution < -0.4 is 10.4 Å². The molecule has 0 amide bonds. The van der Waals surface area contributed by atoms with Crippen molar-refractivity contribution in [1.82, 2.24) is 0 Å². The molecule has 6 heteroatoms. The quantitative estimate of drug-likeness (QED) is 0.731. The third-order valence-corrected chi connectivity index (χ3v) is 3.80. The predicted octanol–water partition coefficient (Wildman–Crippen LogP) is 3.93. The van der Waals surface area contributed by atoms with Crippen molar-refractivity contribution in [3.05, 3.63) is 69.4 Å². The highest BCUT2D eigenvalue weighted by molar-refractivity contribution is 5.74. The molecule has 0 fully saturated rings. The zero-order chi connectivity index (χ0) is 19.5. The average molecular weight is 351 g/mol. The summed E-state index contributed by atoms with van der Waals surface area (Å²) in [5.41, 5.74) is 0.404. The van der Waals surface area contributed by atoms with Gasteiger partial charge in [0.05, 0.1) is 24.3 Å². The van der Waals surface area contributed by atoms with Crippen LogP contribution in [-0.4, -0.2) is 0 Å². The van der Waals surface area contributed by atoms with Crippen LogP contribution in [0.4, 0.5) is 13.2 Å². The Kier molecular flexibility index (Phi) is 5.15. The molecule has 0 aromatic heterocycles. The molecule has 0 bridgehead atoms. The van der Waals surface area contributed by atoms with Crippen LogP contribution >= 0.6 is 0 Å². The Morgan fingerprint density at radius 1 is 1.08 bits per heavy atom. The van der Waals surface area contributed by atoms with Crippen molar-refractivity contribution in [2.24, 2.45) is 0 Å². The summed E-state index contributed by atoms with van der Waals surface area (Å²) in [6.45, 7) is 10.2. The monoisotopic (exact) mass is 351 g/mol. The van der Waals surface area contributed by atoms with E-state index in [0.717, 1.165) is 12.1 Å². The molecule has 0 aliphatic carbocycles. The number of nitriles is 2. The number of hydrogen-bond donors (Lipinski definition) is 0. The smallest absolute Gasteiger partial charge is 0.226 e. The zero-order valence-corrected chi connectivity index (χ0v) is 13.9. The molecule has 26 heavy (non-hydrogen) atoms. The maximum atomic E-state index is 13.2. The van der Waals surface area contributed by atoms with Gasteiger partial charge in [0, 0.05) is 5.57 Å². The minimum absolute atomic E-state index is 0.170. The van der Waals surface area contributed by atoms with E-state index < -0.39 is 11.7 Å². The number of alkyl halides is 3. The first kappa shape index (κ1) is 18.8. The van der Waals surface area contributed by atoms with Crippen molar-refractivity contribution in [2.45, 2.75) is 20.0 Å². The number of nitrogens with zero attached hydrogens (tertiary/aromatic N) is 3. The lowest BCUT2D eigenvalue weighted by Gasteiger charge is -2.12. The molecular formula is C20H12F3N3. The van der Waals surface area contributed by atoms with Crippen molar-refractivity contribution in [2.75, 3.05) is 0 Å². The van der Waals surface area contributed by atoms with Crippen LogP contribution in [0.1, 0.15) is 18.1 Å². The number of hydrogen-bond acceptors (Lipinski definition) is 2. The fourth-order valence-electron chi connectivity index (χ4n) is 2.57. The summed E-state index contributed by atoms with van der Waals surface area (Å²) in [5, 5.41) is 19.0. The van der Waals surface area contributed by atoms with Crippen LogP contribution in [-0.2, 0) is 6.18 Å².